The minimum atomic E-state index is -0.810. The summed E-state index contributed by atoms with van der Waals surface area (Å²) in [6.45, 7) is 8.08. The maximum Gasteiger partial charge on any atom is 1.00 e. The van der Waals surface area contributed by atoms with Gasteiger partial charge in [-0.1, -0.05) is 13.3 Å². The van der Waals surface area contributed by atoms with Gasteiger partial charge in [0, 0.05) is 13.1 Å². The van der Waals surface area contributed by atoms with Crippen molar-refractivity contribution in [2.75, 3.05) is 13.1 Å². The zero-order valence-corrected chi connectivity index (χ0v) is 14.7. The van der Waals surface area contributed by atoms with E-state index in [1.165, 1.54) is 4.90 Å². The van der Waals surface area contributed by atoms with Crippen molar-refractivity contribution in [2.24, 2.45) is 5.41 Å². The quantitative estimate of drug-likeness (QED) is 0.716. The van der Waals surface area contributed by atoms with Crippen molar-refractivity contribution in [1.82, 2.24) is 4.90 Å². The molecule has 0 saturated carbocycles. The second-order valence-corrected chi connectivity index (χ2v) is 5.99. The van der Waals surface area contributed by atoms with Crippen LogP contribution in [-0.4, -0.2) is 40.8 Å². The van der Waals surface area contributed by atoms with E-state index in [0.717, 1.165) is 6.42 Å². The van der Waals surface area contributed by atoms with Crippen molar-refractivity contribution < 1.29 is 50.4 Å². The molecule has 1 aliphatic rings. The van der Waals surface area contributed by atoms with Gasteiger partial charge in [-0.2, -0.15) is 0 Å². The SMILES string of the molecule is CCC[C@]1(C(=O)O)CCN(C(=O)OC(C)(C)C)C1.[H-].[Na+]. The number of nitrogens with zero attached hydrogens (tertiary/aromatic N) is 1. The number of ether oxygens (including phenoxy) is 1. The third-order valence-corrected chi connectivity index (χ3v) is 3.19. The number of carbonyl (C=O) groups excluding carboxylic acids is 1. The Morgan fingerprint density at radius 3 is 2.42 bits per heavy atom. The van der Waals surface area contributed by atoms with E-state index in [2.05, 4.69) is 0 Å². The van der Waals surface area contributed by atoms with Gasteiger partial charge in [-0.3, -0.25) is 4.79 Å². The first-order valence-electron chi connectivity index (χ1n) is 6.41. The van der Waals surface area contributed by atoms with Gasteiger partial charge in [0.2, 0.25) is 0 Å². The van der Waals surface area contributed by atoms with Gasteiger partial charge in [0.15, 0.2) is 0 Å². The summed E-state index contributed by atoms with van der Waals surface area (Å²) in [4.78, 5) is 24.8. The number of carbonyl (C=O) groups is 2. The van der Waals surface area contributed by atoms with E-state index in [9.17, 15) is 14.7 Å². The number of likely N-dealkylation sites (tertiary alicyclic amines) is 1. The summed E-state index contributed by atoms with van der Waals surface area (Å²) in [6.07, 6.45) is 1.49. The molecule has 19 heavy (non-hydrogen) atoms. The molecule has 6 heteroatoms. The predicted molar refractivity (Wildman–Crippen MR) is 68.5 cm³/mol. The van der Waals surface area contributed by atoms with Crippen LogP contribution >= 0.6 is 0 Å². The number of amides is 1. The molecule has 0 radical (unpaired) electrons. The largest absolute Gasteiger partial charge is 1.00 e. The van der Waals surface area contributed by atoms with Gasteiger partial charge in [0.05, 0.1) is 5.41 Å². The standard InChI is InChI=1S/C13H23NO4.Na.H/c1-5-6-13(10(15)16)7-8-14(9-13)11(17)18-12(2,3)4;;/h5-9H2,1-4H3,(H,15,16);;/q;+1;-1/t13-;;/m0../s1. The molecule has 1 rings (SSSR count). The Morgan fingerprint density at radius 2 is 2.00 bits per heavy atom. The minimum Gasteiger partial charge on any atom is -1.00 e. The van der Waals surface area contributed by atoms with Crippen molar-refractivity contribution in [2.45, 2.75) is 52.6 Å². The van der Waals surface area contributed by atoms with Crippen molar-refractivity contribution in [3.05, 3.63) is 0 Å². The molecule has 1 saturated heterocycles. The summed E-state index contributed by atoms with van der Waals surface area (Å²) in [6, 6.07) is 0. The maximum absolute atomic E-state index is 11.9. The minimum absolute atomic E-state index is 0. The third kappa shape index (κ3) is 4.97. The molecule has 0 spiro atoms. The third-order valence-electron chi connectivity index (χ3n) is 3.19. The number of rotatable bonds is 3. The summed E-state index contributed by atoms with van der Waals surface area (Å²) in [7, 11) is 0. The van der Waals surface area contributed by atoms with Crippen LogP contribution in [0, 0.1) is 5.41 Å². The van der Waals surface area contributed by atoms with Crippen LogP contribution in [0.2, 0.25) is 0 Å². The fourth-order valence-corrected chi connectivity index (χ4v) is 2.32. The van der Waals surface area contributed by atoms with Crippen molar-refractivity contribution in [3.8, 4) is 0 Å². The van der Waals surface area contributed by atoms with Gasteiger partial charge in [0.25, 0.3) is 0 Å². The monoisotopic (exact) mass is 281 g/mol. The summed E-state index contributed by atoms with van der Waals surface area (Å²) >= 11 is 0. The van der Waals surface area contributed by atoms with Crippen LogP contribution in [0.3, 0.4) is 0 Å². The van der Waals surface area contributed by atoms with Crippen molar-refractivity contribution >= 4 is 12.1 Å². The first-order valence-corrected chi connectivity index (χ1v) is 6.41. The van der Waals surface area contributed by atoms with Crippen LogP contribution in [0.25, 0.3) is 0 Å². The Morgan fingerprint density at radius 1 is 1.42 bits per heavy atom. The first-order chi connectivity index (χ1) is 8.20. The summed E-state index contributed by atoms with van der Waals surface area (Å²) in [5, 5.41) is 9.35. The molecule has 106 valence electrons. The molecule has 0 unspecified atom stereocenters. The molecule has 1 amide bonds. The van der Waals surface area contributed by atoms with Crippen molar-refractivity contribution in [1.29, 1.82) is 0 Å². The van der Waals surface area contributed by atoms with Crippen LogP contribution in [0.4, 0.5) is 4.79 Å². The van der Waals surface area contributed by atoms with E-state index in [1.54, 1.807) is 20.8 Å². The van der Waals surface area contributed by atoms with Crippen LogP contribution in [0.15, 0.2) is 0 Å². The zero-order chi connectivity index (χ0) is 14.0. The molecule has 1 atom stereocenters. The van der Waals surface area contributed by atoms with E-state index >= 15 is 0 Å². The van der Waals surface area contributed by atoms with Crippen LogP contribution in [-0.2, 0) is 9.53 Å². The predicted octanol–water partition coefficient (Wildman–Crippen LogP) is -0.385. The van der Waals surface area contributed by atoms with E-state index in [4.69, 9.17) is 4.74 Å². The van der Waals surface area contributed by atoms with Crippen LogP contribution < -0.4 is 29.6 Å². The Labute approximate surface area is 138 Å². The summed E-state index contributed by atoms with van der Waals surface area (Å²) in [5.41, 5.74) is -1.33. The molecular formula is C13H24NNaO4. The Bertz CT molecular complexity index is 346. The maximum atomic E-state index is 11.9. The Balaban J connectivity index is 0. The topological polar surface area (TPSA) is 66.8 Å². The molecule has 0 aliphatic carbocycles. The number of aliphatic carboxylic acids is 1. The molecule has 0 aromatic rings. The van der Waals surface area contributed by atoms with Gasteiger partial charge in [-0.25, -0.2) is 4.79 Å². The average molecular weight is 281 g/mol. The normalized spacial score (nSPS) is 22.8. The van der Waals surface area contributed by atoms with Gasteiger partial charge in [0.1, 0.15) is 5.60 Å². The summed E-state index contributed by atoms with van der Waals surface area (Å²) in [5.74, 6) is -0.810. The number of hydrogen-bond acceptors (Lipinski definition) is 3. The van der Waals surface area contributed by atoms with E-state index in [1.807, 2.05) is 6.92 Å². The average Bonchev–Trinajstić information content (AvgIpc) is 2.61. The molecule has 1 fully saturated rings. The van der Waals surface area contributed by atoms with E-state index in [-0.39, 0.29) is 37.5 Å². The Hall–Kier alpha value is -0.260. The van der Waals surface area contributed by atoms with Crippen molar-refractivity contribution in [3.63, 3.8) is 0 Å². The molecule has 1 N–H and O–H groups in total. The molecule has 5 nitrogen and oxygen atoms in total. The Kier molecular flexibility index (Phi) is 6.86. The van der Waals surface area contributed by atoms with Crippen LogP contribution in [0.1, 0.15) is 48.4 Å². The number of hydrogen-bond donors (Lipinski definition) is 1. The fraction of sp³-hybridized carbons (Fsp3) is 0.846. The van der Waals surface area contributed by atoms with E-state index < -0.39 is 23.1 Å². The molecular weight excluding hydrogens is 257 g/mol. The smallest absolute Gasteiger partial charge is 1.00 e. The molecule has 0 aromatic heterocycles. The summed E-state index contributed by atoms with van der Waals surface area (Å²) < 4.78 is 5.27. The molecule has 1 aliphatic heterocycles. The fourth-order valence-electron chi connectivity index (χ4n) is 2.32. The second-order valence-electron chi connectivity index (χ2n) is 5.99. The van der Waals surface area contributed by atoms with Crippen LogP contribution in [0.5, 0.6) is 0 Å². The number of carboxylic acid groups (broad SMARTS) is 1. The second kappa shape index (κ2) is 6.95. The van der Waals surface area contributed by atoms with E-state index in [0.29, 0.717) is 19.4 Å². The van der Waals surface area contributed by atoms with Gasteiger partial charge < -0.3 is 16.2 Å². The van der Waals surface area contributed by atoms with Gasteiger partial charge in [-0.15, -0.1) is 0 Å². The van der Waals surface area contributed by atoms with Gasteiger partial charge >= 0.3 is 41.6 Å². The first kappa shape index (κ1) is 18.7. The van der Waals surface area contributed by atoms with Gasteiger partial charge in [-0.05, 0) is 33.6 Å². The molecule has 0 bridgehead atoms. The molecule has 0 aromatic carbocycles. The number of carboxylic acids is 1. The molecule has 1 heterocycles. The zero-order valence-electron chi connectivity index (χ0n) is 13.7.